The molecule has 0 bridgehead atoms. The molecule has 0 aliphatic carbocycles. The Balaban J connectivity index is 3.97. The van der Waals surface area contributed by atoms with Crippen molar-refractivity contribution in [1.29, 1.82) is 0 Å². The number of ether oxygens (including phenoxy) is 3. The maximum absolute atomic E-state index is 11.3. The van der Waals surface area contributed by atoms with Crippen LogP contribution in [0.3, 0.4) is 0 Å². The van der Waals surface area contributed by atoms with Crippen molar-refractivity contribution in [2.24, 2.45) is 4.99 Å². The first-order valence-electron chi connectivity index (χ1n) is 6.37. The van der Waals surface area contributed by atoms with E-state index in [9.17, 15) is 9.59 Å². The molecule has 7 heteroatoms. The highest BCUT2D eigenvalue weighted by atomic mass is 16.6. The van der Waals surface area contributed by atoms with Crippen molar-refractivity contribution in [2.75, 3.05) is 39.6 Å². The van der Waals surface area contributed by atoms with Gasteiger partial charge in [-0.25, -0.2) is 14.6 Å². The van der Waals surface area contributed by atoms with E-state index >= 15 is 0 Å². The number of aliphatic hydroxyl groups is 1. The van der Waals surface area contributed by atoms with Crippen LogP contribution in [0.25, 0.3) is 0 Å². The molecule has 0 spiro atoms. The monoisotopic (exact) mass is 287 g/mol. The SMILES string of the molecule is C/C=C/C(=O)OC(CCN=C=O)COCCOCCO. The lowest BCUT2D eigenvalue weighted by Crippen LogP contribution is -2.24. The average Bonchev–Trinajstić information content (AvgIpc) is 2.43. The molecule has 0 aromatic carbocycles. The van der Waals surface area contributed by atoms with Crippen LogP contribution in [0.5, 0.6) is 0 Å². The van der Waals surface area contributed by atoms with Crippen LogP contribution in [-0.2, 0) is 23.8 Å². The fraction of sp³-hybridized carbons (Fsp3) is 0.692. The first kappa shape index (κ1) is 18.5. The van der Waals surface area contributed by atoms with Crippen molar-refractivity contribution >= 4 is 12.0 Å². The molecule has 0 aromatic rings. The number of hydrogen-bond acceptors (Lipinski definition) is 7. The van der Waals surface area contributed by atoms with Crippen LogP contribution in [0, 0.1) is 0 Å². The Labute approximate surface area is 118 Å². The lowest BCUT2D eigenvalue weighted by Gasteiger charge is -2.16. The molecule has 0 fully saturated rings. The van der Waals surface area contributed by atoms with Gasteiger partial charge in [-0.15, -0.1) is 0 Å². The summed E-state index contributed by atoms with van der Waals surface area (Å²) in [7, 11) is 0. The van der Waals surface area contributed by atoms with Gasteiger partial charge in [0.15, 0.2) is 0 Å². The number of aliphatic hydroxyl groups excluding tert-OH is 1. The number of hydrogen-bond donors (Lipinski definition) is 1. The van der Waals surface area contributed by atoms with Crippen LogP contribution in [0.4, 0.5) is 0 Å². The van der Waals surface area contributed by atoms with E-state index in [1.165, 1.54) is 12.2 Å². The summed E-state index contributed by atoms with van der Waals surface area (Å²) in [6.45, 7) is 3.03. The van der Waals surface area contributed by atoms with Crippen molar-refractivity contribution in [3.05, 3.63) is 12.2 Å². The number of esters is 1. The van der Waals surface area contributed by atoms with E-state index < -0.39 is 12.1 Å². The van der Waals surface area contributed by atoms with E-state index in [1.807, 2.05) is 0 Å². The molecule has 7 nitrogen and oxygen atoms in total. The molecule has 0 radical (unpaired) electrons. The summed E-state index contributed by atoms with van der Waals surface area (Å²) in [5.74, 6) is -0.465. The highest BCUT2D eigenvalue weighted by Gasteiger charge is 2.12. The molecule has 0 rings (SSSR count). The second kappa shape index (κ2) is 13.9. The minimum atomic E-state index is -0.478. The van der Waals surface area contributed by atoms with Crippen LogP contribution in [0.1, 0.15) is 13.3 Å². The van der Waals surface area contributed by atoms with E-state index in [4.69, 9.17) is 19.3 Å². The summed E-state index contributed by atoms with van der Waals surface area (Å²) in [5, 5.41) is 8.51. The van der Waals surface area contributed by atoms with Crippen molar-refractivity contribution in [2.45, 2.75) is 19.4 Å². The van der Waals surface area contributed by atoms with Crippen molar-refractivity contribution < 1.29 is 28.9 Å². The molecule has 0 amide bonds. The number of aliphatic imine (C=N–C) groups is 1. The lowest BCUT2D eigenvalue weighted by molar-refractivity contribution is -0.146. The molecule has 1 unspecified atom stereocenters. The molecular weight excluding hydrogens is 266 g/mol. The Morgan fingerprint density at radius 1 is 1.35 bits per heavy atom. The molecule has 0 heterocycles. The first-order chi connectivity index (χ1) is 9.74. The van der Waals surface area contributed by atoms with Crippen LogP contribution in [0.15, 0.2) is 17.1 Å². The third-order valence-electron chi connectivity index (χ3n) is 2.12. The Bertz CT molecular complexity index is 325. The van der Waals surface area contributed by atoms with Crippen molar-refractivity contribution in [3.8, 4) is 0 Å². The van der Waals surface area contributed by atoms with Gasteiger partial charge in [0, 0.05) is 12.5 Å². The van der Waals surface area contributed by atoms with Gasteiger partial charge in [0.1, 0.15) is 6.10 Å². The maximum Gasteiger partial charge on any atom is 0.330 e. The molecule has 0 saturated heterocycles. The van der Waals surface area contributed by atoms with E-state index in [-0.39, 0.29) is 26.4 Å². The minimum Gasteiger partial charge on any atom is -0.457 e. The summed E-state index contributed by atoms with van der Waals surface area (Å²) in [6.07, 6.45) is 4.22. The van der Waals surface area contributed by atoms with Gasteiger partial charge in [-0.1, -0.05) is 6.08 Å². The third kappa shape index (κ3) is 11.6. The van der Waals surface area contributed by atoms with Crippen LogP contribution < -0.4 is 0 Å². The second-order valence-electron chi connectivity index (χ2n) is 3.73. The standard InChI is InChI=1S/C13H21NO6/c1-2-3-13(17)20-12(4-5-14-11-16)10-19-9-8-18-7-6-15/h2-3,12,15H,4-10H2,1H3/b3-2+. The van der Waals surface area contributed by atoms with Crippen molar-refractivity contribution in [1.82, 2.24) is 0 Å². The number of carbonyl (C=O) groups excluding carboxylic acids is 2. The molecule has 20 heavy (non-hydrogen) atoms. The Kier molecular flexibility index (Phi) is 12.8. The second-order valence-corrected chi connectivity index (χ2v) is 3.73. The van der Waals surface area contributed by atoms with Gasteiger partial charge >= 0.3 is 5.97 Å². The zero-order valence-corrected chi connectivity index (χ0v) is 11.6. The molecule has 0 aliphatic heterocycles. The van der Waals surface area contributed by atoms with Crippen LogP contribution in [0.2, 0.25) is 0 Å². The van der Waals surface area contributed by atoms with Crippen LogP contribution >= 0.6 is 0 Å². The Morgan fingerprint density at radius 3 is 2.75 bits per heavy atom. The molecule has 0 aliphatic rings. The van der Waals surface area contributed by atoms with Gasteiger partial charge in [-0.2, -0.15) is 0 Å². The number of rotatable bonds is 12. The quantitative estimate of drug-likeness (QED) is 0.181. The van der Waals surface area contributed by atoms with Gasteiger partial charge in [0.25, 0.3) is 0 Å². The van der Waals surface area contributed by atoms with Crippen LogP contribution in [-0.4, -0.2) is 62.8 Å². The topological polar surface area (TPSA) is 94.4 Å². The highest BCUT2D eigenvalue weighted by molar-refractivity contribution is 5.81. The lowest BCUT2D eigenvalue weighted by atomic mass is 10.2. The number of nitrogens with zero attached hydrogens (tertiary/aromatic N) is 1. The van der Waals surface area contributed by atoms with Gasteiger partial charge in [-0.3, -0.25) is 0 Å². The predicted octanol–water partition coefficient (Wildman–Crippen LogP) is 0.226. The predicted molar refractivity (Wildman–Crippen MR) is 71.0 cm³/mol. The minimum absolute atomic E-state index is 0.0344. The van der Waals surface area contributed by atoms with Gasteiger partial charge < -0.3 is 19.3 Å². The smallest absolute Gasteiger partial charge is 0.330 e. The summed E-state index contributed by atoms with van der Waals surface area (Å²) >= 11 is 0. The molecular formula is C13H21NO6. The van der Waals surface area contributed by atoms with E-state index in [2.05, 4.69) is 4.99 Å². The largest absolute Gasteiger partial charge is 0.457 e. The fourth-order valence-corrected chi connectivity index (χ4v) is 1.27. The molecule has 114 valence electrons. The molecule has 1 atom stereocenters. The van der Waals surface area contributed by atoms with Gasteiger partial charge in [0.05, 0.1) is 39.6 Å². The van der Waals surface area contributed by atoms with E-state index in [0.717, 1.165) is 0 Å². The number of allylic oxidation sites excluding steroid dienone is 1. The molecule has 0 saturated carbocycles. The molecule has 0 aromatic heterocycles. The Morgan fingerprint density at radius 2 is 2.10 bits per heavy atom. The number of carbonyl (C=O) groups is 1. The van der Waals surface area contributed by atoms with E-state index in [0.29, 0.717) is 19.6 Å². The van der Waals surface area contributed by atoms with Gasteiger partial charge in [0.2, 0.25) is 6.08 Å². The summed E-state index contributed by atoms with van der Waals surface area (Å²) < 4.78 is 15.5. The maximum atomic E-state index is 11.3. The summed E-state index contributed by atoms with van der Waals surface area (Å²) in [5.41, 5.74) is 0. The Hall–Kier alpha value is -1.53. The zero-order chi connectivity index (χ0) is 15.1. The normalized spacial score (nSPS) is 12.1. The summed E-state index contributed by atoms with van der Waals surface area (Å²) in [4.78, 5) is 24.7. The third-order valence-corrected chi connectivity index (χ3v) is 2.12. The summed E-state index contributed by atoms with van der Waals surface area (Å²) in [6, 6.07) is 0. The fourth-order valence-electron chi connectivity index (χ4n) is 1.27. The first-order valence-corrected chi connectivity index (χ1v) is 6.37. The zero-order valence-electron chi connectivity index (χ0n) is 11.6. The molecule has 1 N–H and O–H groups in total. The van der Waals surface area contributed by atoms with Gasteiger partial charge in [-0.05, 0) is 6.92 Å². The average molecular weight is 287 g/mol. The van der Waals surface area contributed by atoms with E-state index in [1.54, 1.807) is 13.0 Å². The van der Waals surface area contributed by atoms with Crippen molar-refractivity contribution in [3.63, 3.8) is 0 Å². The number of isocyanates is 1. The highest BCUT2D eigenvalue weighted by Crippen LogP contribution is 2.02.